The maximum absolute atomic E-state index is 12.0. The molecule has 2 aliphatic rings. The molecule has 0 N–H and O–H groups in total. The van der Waals surface area contributed by atoms with Crippen molar-refractivity contribution in [2.45, 2.75) is 39.4 Å². The van der Waals surface area contributed by atoms with Gasteiger partial charge < -0.3 is 14.2 Å². The Morgan fingerprint density at radius 2 is 2.26 bits per heavy atom. The summed E-state index contributed by atoms with van der Waals surface area (Å²) in [5.74, 6) is -0.630. The van der Waals surface area contributed by atoms with Gasteiger partial charge in [-0.15, -0.1) is 0 Å². The van der Waals surface area contributed by atoms with Crippen molar-refractivity contribution in [3.8, 4) is 0 Å². The van der Waals surface area contributed by atoms with E-state index in [1.54, 1.807) is 6.08 Å². The van der Waals surface area contributed by atoms with E-state index in [0.717, 1.165) is 6.42 Å². The summed E-state index contributed by atoms with van der Waals surface area (Å²) < 4.78 is 15.7. The Kier molecular flexibility index (Phi) is 4.37. The minimum atomic E-state index is -1.04. The minimum absolute atomic E-state index is 0.0330. The smallest absolute Gasteiger partial charge is 0.325 e. The molecule has 0 aromatic heterocycles. The molecular weight excluding hydrogens is 248 g/mol. The fraction of sp³-hybridized carbons (Fsp3) is 0.714. The topological polar surface area (TPSA) is 61.8 Å². The van der Waals surface area contributed by atoms with Crippen LogP contribution in [0.25, 0.3) is 0 Å². The van der Waals surface area contributed by atoms with Gasteiger partial charge in [-0.3, -0.25) is 9.59 Å². The molecule has 2 aliphatic carbocycles. The lowest BCUT2D eigenvalue weighted by Gasteiger charge is -2.21. The predicted molar refractivity (Wildman–Crippen MR) is 67.1 cm³/mol. The van der Waals surface area contributed by atoms with E-state index in [-0.39, 0.29) is 24.8 Å². The molecule has 0 amide bonds. The van der Waals surface area contributed by atoms with Crippen molar-refractivity contribution in [2.75, 3.05) is 13.4 Å². The van der Waals surface area contributed by atoms with Gasteiger partial charge in [-0.05, 0) is 26.2 Å². The van der Waals surface area contributed by atoms with Crippen LogP contribution in [0.4, 0.5) is 0 Å². The first-order valence-corrected chi connectivity index (χ1v) is 6.78. The summed E-state index contributed by atoms with van der Waals surface area (Å²) in [6.07, 6.45) is 5.09. The van der Waals surface area contributed by atoms with E-state index < -0.39 is 11.4 Å². The molecule has 1 fully saturated rings. The number of carbonyl (C=O) groups is 2. The van der Waals surface area contributed by atoms with Gasteiger partial charge in [-0.2, -0.15) is 0 Å². The van der Waals surface area contributed by atoms with Gasteiger partial charge in [0.05, 0.1) is 0 Å². The summed E-state index contributed by atoms with van der Waals surface area (Å²) in [5.41, 5.74) is -1.04. The van der Waals surface area contributed by atoms with Crippen molar-refractivity contribution in [2.24, 2.45) is 11.3 Å². The maximum atomic E-state index is 12.0. The number of esters is 1. The highest BCUT2D eigenvalue weighted by atomic mass is 16.8. The lowest BCUT2D eigenvalue weighted by Crippen LogP contribution is -2.35. The van der Waals surface area contributed by atoms with E-state index >= 15 is 0 Å². The van der Waals surface area contributed by atoms with Crippen LogP contribution in [-0.2, 0) is 23.8 Å². The van der Waals surface area contributed by atoms with Crippen LogP contribution in [0.3, 0.4) is 0 Å². The predicted octanol–water partition coefficient (Wildman–Crippen LogP) is 1.81. The Bertz CT molecular complexity index is 389. The van der Waals surface area contributed by atoms with Gasteiger partial charge in [0.25, 0.3) is 0 Å². The molecule has 106 valence electrons. The molecule has 1 saturated carbocycles. The van der Waals surface area contributed by atoms with E-state index in [0.29, 0.717) is 19.4 Å². The first-order valence-electron chi connectivity index (χ1n) is 6.78. The molecule has 2 bridgehead atoms. The maximum Gasteiger partial charge on any atom is 0.325 e. The summed E-state index contributed by atoms with van der Waals surface area (Å²) in [7, 11) is 0. The fourth-order valence-electron chi connectivity index (χ4n) is 2.63. The summed E-state index contributed by atoms with van der Waals surface area (Å²) >= 11 is 0. The molecule has 5 nitrogen and oxygen atoms in total. The van der Waals surface area contributed by atoms with Crippen molar-refractivity contribution in [3.63, 3.8) is 0 Å². The first-order chi connectivity index (χ1) is 9.14. The molecule has 0 spiro atoms. The summed E-state index contributed by atoms with van der Waals surface area (Å²) in [5, 5.41) is 0. The molecule has 0 aromatic carbocycles. The van der Waals surface area contributed by atoms with Crippen LogP contribution in [0.15, 0.2) is 12.2 Å². The van der Waals surface area contributed by atoms with Crippen LogP contribution in [0, 0.1) is 11.3 Å². The number of Topliss-reactive ketones (excluding diaryl/α,β-unsaturated/α-hetero) is 1. The van der Waals surface area contributed by atoms with Crippen LogP contribution in [-0.4, -0.2) is 31.4 Å². The lowest BCUT2D eigenvalue weighted by atomic mass is 9.87. The molecule has 0 saturated heterocycles. The Morgan fingerprint density at radius 3 is 2.74 bits per heavy atom. The first kappa shape index (κ1) is 14.2. The SMILES string of the molecule is CCOC(CC)OCOC(=O)C12C=CC(CC1)C2=O. The van der Waals surface area contributed by atoms with Gasteiger partial charge in [0.2, 0.25) is 0 Å². The second kappa shape index (κ2) is 5.84. The summed E-state index contributed by atoms with van der Waals surface area (Å²) in [4.78, 5) is 24.0. The summed E-state index contributed by atoms with van der Waals surface area (Å²) in [6.45, 7) is 4.16. The normalized spacial score (nSPS) is 29.8. The van der Waals surface area contributed by atoms with Gasteiger partial charge in [-0.25, -0.2) is 0 Å². The highest BCUT2D eigenvalue weighted by Crippen LogP contribution is 2.46. The molecule has 3 unspecified atom stereocenters. The largest absolute Gasteiger partial charge is 0.437 e. The zero-order chi connectivity index (χ0) is 13.9. The van der Waals surface area contributed by atoms with Crippen molar-refractivity contribution < 1.29 is 23.8 Å². The van der Waals surface area contributed by atoms with E-state index in [1.165, 1.54) is 0 Å². The van der Waals surface area contributed by atoms with Crippen LogP contribution in [0.2, 0.25) is 0 Å². The number of rotatable bonds is 7. The molecule has 5 heteroatoms. The van der Waals surface area contributed by atoms with Crippen LogP contribution >= 0.6 is 0 Å². The van der Waals surface area contributed by atoms with Crippen molar-refractivity contribution in [3.05, 3.63) is 12.2 Å². The number of fused-ring (bicyclic) bond motifs is 2. The third kappa shape index (κ3) is 2.58. The fourth-order valence-corrected chi connectivity index (χ4v) is 2.63. The van der Waals surface area contributed by atoms with Gasteiger partial charge in [-0.1, -0.05) is 19.1 Å². The number of allylic oxidation sites excluding steroid dienone is 1. The second-order valence-electron chi connectivity index (χ2n) is 4.85. The van der Waals surface area contributed by atoms with Crippen molar-refractivity contribution >= 4 is 11.8 Å². The highest BCUT2D eigenvalue weighted by Gasteiger charge is 2.55. The number of ether oxygens (including phenoxy) is 3. The standard InChI is InChI=1S/C14H20O5/c1-3-11(17-4-2)18-9-19-13(16)14-7-5-10(6-8-14)12(14)15/h5,7,10-11H,3-4,6,8-9H2,1-2H3. The van der Waals surface area contributed by atoms with Crippen LogP contribution in [0.1, 0.15) is 33.1 Å². The quantitative estimate of drug-likeness (QED) is 0.305. The minimum Gasteiger partial charge on any atom is -0.437 e. The number of carbonyl (C=O) groups excluding carboxylic acids is 2. The van der Waals surface area contributed by atoms with Crippen molar-refractivity contribution in [1.82, 2.24) is 0 Å². The molecular formula is C14H20O5. The van der Waals surface area contributed by atoms with E-state index in [9.17, 15) is 9.59 Å². The third-order valence-corrected chi connectivity index (χ3v) is 3.73. The van der Waals surface area contributed by atoms with E-state index in [4.69, 9.17) is 14.2 Å². The van der Waals surface area contributed by atoms with Crippen LogP contribution < -0.4 is 0 Å². The van der Waals surface area contributed by atoms with E-state index in [1.807, 2.05) is 19.9 Å². The number of hydrogen-bond acceptors (Lipinski definition) is 5. The number of ketones is 1. The Labute approximate surface area is 112 Å². The third-order valence-electron chi connectivity index (χ3n) is 3.73. The monoisotopic (exact) mass is 268 g/mol. The Balaban J connectivity index is 1.82. The molecule has 0 heterocycles. The summed E-state index contributed by atoms with van der Waals surface area (Å²) in [6, 6.07) is 0. The van der Waals surface area contributed by atoms with Crippen molar-refractivity contribution in [1.29, 1.82) is 0 Å². The number of hydrogen-bond donors (Lipinski definition) is 0. The Hall–Kier alpha value is -1.20. The zero-order valence-electron chi connectivity index (χ0n) is 11.4. The molecule has 3 atom stereocenters. The van der Waals surface area contributed by atoms with Gasteiger partial charge in [0.15, 0.2) is 18.9 Å². The van der Waals surface area contributed by atoms with E-state index in [2.05, 4.69) is 0 Å². The Morgan fingerprint density at radius 1 is 1.47 bits per heavy atom. The second-order valence-corrected chi connectivity index (χ2v) is 4.85. The van der Waals surface area contributed by atoms with Crippen LogP contribution in [0.5, 0.6) is 0 Å². The zero-order valence-corrected chi connectivity index (χ0v) is 11.4. The average molecular weight is 268 g/mol. The average Bonchev–Trinajstić information content (AvgIpc) is 2.92. The molecule has 19 heavy (non-hydrogen) atoms. The van der Waals surface area contributed by atoms with Gasteiger partial charge in [0, 0.05) is 12.5 Å². The molecule has 0 aromatic rings. The molecule has 2 rings (SSSR count). The van der Waals surface area contributed by atoms with Gasteiger partial charge in [0.1, 0.15) is 5.41 Å². The lowest BCUT2D eigenvalue weighted by molar-refractivity contribution is -0.203. The molecule has 0 radical (unpaired) electrons. The highest BCUT2D eigenvalue weighted by molar-refractivity contribution is 6.11. The molecule has 0 aliphatic heterocycles. The van der Waals surface area contributed by atoms with Gasteiger partial charge >= 0.3 is 5.97 Å².